The Hall–Kier alpha value is -0.300. The number of hydrogen-bond acceptors (Lipinski definition) is 1. The average molecular weight is 208 g/mol. The molecule has 0 heterocycles. The third-order valence-electron chi connectivity index (χ3n) is 4.61. The molecule has 0 amide bonds. The smallest absolute Gasteiger partial charge is 0.0627 e. The van der Waals surface area contributed by atoms with Gasteiger partial charge < -0.3 is 5.11 Å². The average Bonchev–Trinajstić information content (AvgIpc) is 2.11. The van der Waals surface area contributed by atoms with Crippen molar-refractivity contribution in [3.8, 4) is 0 Å². The van der Waals surface area contributed by atoms with Crippen LogP contribution in [0, 0.1) is 23.2 Å². The van der Waals surface area contributed by atoms with Gasteiger partial charge in [-0.3, -0.25) is 0 Å². The number of allylic oxidation sites excluding steroid dienone is 2. The van der Waals surface area contributed by atoms with Gasteiger partial charge in [0.2, 0.25) is 0 Å². The monoisotopic (exact) mass is 208 g/mol. The highest BCUT2D eigenvalue weighted by Gasteiger charge is 2.45. The molecule has 1 N–H and O–H groups in total. The molecule has 1 heteroatoms. The summed E-state index contributed by atoms with van der Waals surface area (Å²) in [6, 6.07) is 0. The Kier molecular flexibility index (Phi) is 2.70. The highest BCUT2D eigenvalue weighted by molar-refractivity contribution is 5.12. The molecule has 4 atom stereocenters. The molecule has 86 valence electrons. The zero-order chi connectivity index (χ0) is 11.2. The lowest BCUT2D eigenvalue weighted by atomic mass is 9.58. The van der Waals surface area contributed by atoms with Crippen LogP contribution in [-0.2, 0) is 0 Å². The second kappa shape index (κ2) is 3.62. The van der Waals surface area contributed by atoms with E-state index in [1.807, 2.05) is 0 Å². The second-order valence-corrected chi connectivity index (χ2v) is 6.39. The van der Waals surface area contributed by atoms with Gasteiger partial charge in [-0.05, 0) is 49.4 Å². The summed E-state index contributed by atoms with van der Waals surface area (Å²) in [7, 11) is 0. The minimum atomic E-state index is -0.115. The van der Waals surface area contributed by atoms with Crippen molar-refractivity contribution in [2.24, 2.45) is 23.2 Å². The van der Waals surface area contributed by atoms with Crippen LogP contribution in [0.4, 0.5) is 0 Å². The molecule has 15 heavy (non-hydrogen) atoms. The summed E-state index contributed by atoms with van der Waals surface area (Å²) < 4.78 is 0. The lowest BCUT2D eigenvalue weighted by molar-refractivity contribution is -0.0755. The molecule has 1 nitrogen and oxygen atoms in total. The fourth-order valence-electron chi connectivity index (χ4n) is 3.67. The molecule has 0 aromatic rings. The fraction of sp³-hybridized carbons (Fsp3) is 0.857. The standard InChI is InChI=1S/C14H24O/c1-9-7-10(2)12-11(8-9)5-6-14(3,4)13(12)15/h7,10-13,15H,5-6,8H2,1-4H3. The predicted molar refractivity (Wildman–Crippen MR) is 63.5 cm³/mol. The highest BCUT2D eigenvalue weighted by atomic mass is 16.3. The third-order valence-corrected chi connectivity index (χ3v) is 4.61. The number of hydrogen-bond donors (Lipinski definition) is 1. The van der Waals surface area contributed by atoms with Crippen LogP contribution >= 0.6 is 0 Å². The first-order valence-corrected chi connectivity index (χ1v) is 6.27. The third kappa shape index (κ3) is 1.87. The van der Waals surface area contributed by atoms with E-state index in [-0.39, 0.29) is 11.5 Å². The lowest BCUT2D eigenvalue weighted by Crippen LogP contribution is -2.47. The molecular formula is C14H24O. The molecule has 2 aliphatic carbocycles. The Bertz CT molecular complexity index is 277. The first-order valence-electron chi connectivity index (χ1n) is 6.27. The van der Waals surface area contributed by atoms with Gasteiger partial charge in [-0.1, -0.05) is 32.4 Å². The Labute approximate surface area is 93.6 Å². The van der Waals surface area contributed by atoms with Gasteiger partial charge in [0.05, 0.1) is 6.10 Å². The van der Waals surface area contributed by atoms with E-state index in [9.17, 15) is 5.11 Å². The van der Waals surface area contributed by atoms with Crippen molar-refractivity contribution in [3.63, 3.8) is 0 Å². The van der Waals surface area contributed by atoms with Crippen LogP contribution < -0.4 is 0 Å². The molecule has 2 rings (SSSR count). The minimum Gasteiger partial charge on any atom is -0.392 e. The molecule has 0 bridgehead atoms. The summed E-state index contributed by atoms with van der Waals surface area (Å²) in [5, 5.41) is 10.5. The van der Waals surface area contributed by atoms with E-state index in [4.69, 9.17) is 0 Å². The van der Waals surface area contributed by atoms with Crippen molar-refractivity contribution in [1.29, 1.82) is 0 Å². The van der Waals surface area contributed by atoms with Crippen molar-refractivity contribution < 1.29 is 5.11 Å². The maximum absolute atomic E-state index is 10.5. The Balaban J connectivity index is 2.25. The maximum atomic E-state index is 10.5. The molecule has 0 aromatic carbocycles. The van der Waals surface area contributed by atoms with Crippen LogP contribution in [0.1, 0.15) is 47.0 Å². The Morgan fingerprint density at radius 2 is 2.07 bits per heavy atom. The lowest BCUT2D eigenvalue weighted by Gasteiger charge is -2.49. The number of aliphatic hydroxyl groups excluding tert-OH is 1. The minimum absolute atomic E-state index is 0.115. The fourth-order valence-corrected chi connectivity index (χ4v) is 3.67. The summed E-state index contributed by atoms with van der Waals surface area (Å²) in [6.07, 6.45) is 5.93. The van der Waals surface area contributed by atoms with Crippen LogP contribution in [0.3, 0.4) is 0 Å². The molecule has 2 aliphatic rings. The quantitative estimate of drug-likeness (QED) is 0.605. The molecule has 0 spiro atoms. The summed E-state index contributed by atoms with van der Waals surface area (Å²) in [5.41, 5.74) is 1.64. The van der Waals surface area contributed by atoms with Crippen molar-refractivity contribution >= 4 is 0 Å². The van der Waals surface area contributed by atoms with E-state index in [1.165, 1.54) is 24.8 Å². The molecule has 0 aromatic heterocycles. The van der Waals surface area contributed by atoms with Gasteiger partial charge in [-0.2, -0.15) is 0 Å². The number of rotatable bonds is 0. The van der Waals surface area contributed by atoms with Crippen LogP contribution in [0.15, 0.2) is 11.6 Å². The normalized spacial score (nSPS) is 44.5. The Morgan fingerprint density at radius 3 is 2.73 bits per heavy atom. The number of fused-ring (bicyclic) bond motifs is 1. The van der Waals surface area contributed by atoms with Crippen molar-refractivity contribution in [1.82, 2.24) is 0 Å². The van der Waals surface area contributed by atoms with Gasteiger partial charge >= 0.3 is 0 Å². The van der Waals surface area contributed by atoms with Crippen molar-refractivity contribution in [2.45, 2.75) is 53.1 Å². The van der Waals surface area contributed by atoms with E-state index < -0.39 is 0 Å². The van der Waals surface area contributed by atoms with Crippen LogP contribution in [0.5, 0.6) is 0 Å². The van der Waals surface area contributed by atoms with Gasteiger partial charge in [-0.25, -0.2) is 0 Å². The molecule has 1 fully saturated rings. The first kappa shape index (κ1) is 11.2. The second-order valence-electron chi connectivity index (χ2n) is 6.39. The Morgan fingerprint density at radius 1 is 1.40 bits per heavy atom. The van der Waals surface area contributed by atoms with Crippen LogP contribution in [0.2, 0.25) is 0 Å². The SMILES string of the molecule is CC1=CC(C)C2C(CCC(C)(C)C2O)C1. The first-order chi connectivity index (χ1) is 6.92. The van der Waals surface area contributed by atoms with Gasteiger partial charge in [-0.15, -0.1) is 0 Å². The molecular weight excluding hydrogens is 184 g/mol. The molecule has 0 saturated heterocycles. The van der Waals surface area contributed by atoms with E-state index in [2.05, 4.69) is 33.8 Å². The number of aliphatic hydroxyl groups is 1. The van der Waals surface area contributed by atoms with E-state index in [1.54, 1.807) is 0 Å². The van der Waals surface area contributed by atoms with E-state index in [0.717, 1.165) is 5.92 Å². The summed E-state index contributed by atoms with van der Waals surface area (Å²) >= 11 is 0. The summed E-state index contributed by atoms with van der Waals surface area (Å²) in [6.45, 7) is 8.93. The summed E-state index contributed by atoms with van der Waals surface area (Å²) in [5.74, 6) is 1.78. The maximum Gasteiger partial charge on any atom is 0.0627 e. The molecule has 0 aliphatic heterocycles. The molecule has 0 radical (unpaired) electrons. The molecule has 4 unspecified atom stereocenters. The van der Waals surface area contributed by atoms with Gasteiger partial charge in [0.25, 0.3) is 0 Å². The molecule has 1 saturated carbocycles. The zero-order valence-electron chi connectivity index (χ0n) is 10.5. The largest absolute Gasteiger partial charge is 0.392 e. The van der Waals surface area contributed by atoms with Crippen molar-refractivity contribution in [3.05, 3.63) is 11.6 Å². The summed E-state index contributed by atoms with van der Waals surface area (Å²) in [4.78, 5) is 0. The van der Waals surface area contributed by atoms with Crippen molar-refractivity contribution in [2.75, 3.05) is 0 Å². The van der Waals surface area contributed by atoms with Gasteiger partial charge in [0.1, 0.15) is 0 Å². The van der Waals surface area contributed by atoms with Gasteiger partial charge in [0, 0.05) is 0 Å². The topological polar surface area (TPSA) is 20.2 Å². The van der Waals surface area contributed by atoms with E-state index in [0.29, 0.717) is 11.8 Å². The zero-order valence-corrected chi connectivity index (χ0v) is 10.5. The predicted octanol–water partition coefficient (Wildman–Crippen LogP) is 3.39. The van der Waals surface area contributed by atoms with Crippen LogP contribution in [-0.4, -0.2) is 11.2 Å². The van der Waals surface area contributed by atoms with E-state index >= 15 is 0 Å². The van der Waals surface area contributed by atoms with Crippen LogP contribution in [0.25, 0.3) is 0 Å². The van der Waals surface area contributed by atoms with Gasteiger partial charge in [0.15, 0.2) is 0 Å². The highest BCUT2D eigenvalue weighted by Crippen LogP contribution is 2.49.